The first kappa shape index (κ1) is 16.6. The minimum absolute atomic E-state index is 0.0834. The lowest BCUT2D eigenvalue weighted by atomic mass is 9.94. The molecule has 1 aliphatic heterocycles. The van der Waals surface area contributed by atoms with Crippen molar-refractivity contribution in [3.63, 3.8) is 0 Å². The lowest BCUT2D eigenvalue weighted by Crippen LogP contribution is -2.28. The Balaban J connectivity index is 2.44. The first-order chi connectivity index (χ1) is 10.4. The second-order valence-corrected chi connectivity index (χ2v) is 5.68. The third-order valence-corrected chi connectivity index (χ3v) is 4.00. The zero-order chi connectivity index (χ0) is 16.3. The van der Waals surface area contributed by atoms with Gasteiger partial charge in [-0.25, -0.2) is 13.8 Å². The predicted octanol–water partition coefficient (Wildman–Crippen LogP) is 2.50. The van der Waals surface area contributed by atoms with Crippen LogP contribution in [0.5, 0.6) is 0 Å². The number of amides is 1. The molecule has 0 aliphatic carbocycles. The number of aliphatic imine (C=N–C) groups is 2. The molecule has 0 saturated heterocycles. The van der Waals surface area contributed by atoms with Crippen LogP contribution in [0, 0.1) is 11.7 Å². The highest BCUT2D eigenvalue weighted by atomic mass is 32.2. The molecule has 1 amide bonds. The van der Waals surface area contributed by atoms with E-state index in [2.05, 4.69) is 9.98 Å². The lowest BCUT2D eigenvalue weighted by Gasteiger charge is -2.16. The number of halogens is 2. The van der Waals surface area contributed by atoms with Gasteiger partial charge in [-0.2, -0.15) is 0 Å². The molecule has 3 atom stereocenters. The highest BCUT2D eigenvalue weighted by molar-refractivity contribution is 7.79. The summed E-state index contributed by atoms with van der Waals surface area (Å²) in [4.78, 5) is 18.6. The van der Waals surface area contributed by atoms with Crippen molar-refractivity contribution < 1.29 is 22.3 Å². The van der Waals surface area contributed by atoms with Crippen LogP contribution in [0.25, 0.3) is 0 Å². The molecule has 0 spiro atoms. The SMILES string of the molecule is CCC1CC=NC(=O)C(F)C1=Nc1ccc(S(=O)[O-])cc1F. The molecule has 0 aromatic heterocycles. The molecule has 1 aromatic carbocycles. The zero-order valence-corrected chi connectivity index (χ0v) is 12.5. The average molecular weight is 327 g/mol. The molecule has 2 rings (SSSR count). The molecule has 8 heteroatoms. The summed E-state index contributed by atoms with van der Waals surface area (Å²) in [5, 5.41) is 0. The third kappa shape index (κ3) is 3.50. The third-order valence-electron chi connectivity index (χ3n) is 3.36. The van der Waals surface area contributed by atoms with Gasteiger partial charge in [-0.1, -0.05) is 6.92 Å². The predicted molar refractivity (Wildman–Crippen MR) is 77.5 cm³/mol. The summed E-state index contributed by atoms with van der Waals surface area (Å²) in [5.74, 6) is -2.22. The number of nitrogens with zero attached hydrogens (tertiary/aromatic N) is 2. The van der Waals surface area contributed by atoms with E-state index in [-0.39, 0.29) is 22.2 Å². The summed E-state index contributed by atoms with van der Waals surface area (Å²) in [7, 11) is 0. The van der Waals surface area contributed by atoms with E-state index in [0.717, 1.165) is 18.2 Å². The molecule has 118 valence electrons. The second-order valence-electron chi connectivity index (χ2n) is 4.74. The van der Waals surface area contributed by atoms with Gasteiger partial charge >= 0.3 is 0 Å². The summed E-state index contributed by atoms with van der Waals surface area (Å²) in [6.45, 7) is 1.80. The van der Waals surface area contributed by atoms with Crippen molar-refractivity contribution in [2.45, 2.75) is 30.8 Å². The van der Waals surface area contributed by atoms with Crippen LogP contribution in [0.2, 0.25) is 0 Å². The highest BCUT2D eigenvalue weighted by Gasteiger charge is 2.31. The van der Waals surface area contributed by atoms with E-state index in [9.17, 15) is 22.3 Å². The van der Waals surface area contributed by atoms with E-state index < -0.39 is 29.0 Å². The maximum atomic E-state index is 14.1. The summed E-state index contributed by atoms with van der Waals surface area (Å²) < 4.78 is 49.6. The fourth-order valence-electron chi connectivity index (χ4n) is 2.13. The Kier molecular flexibility index (Phi) is 5.25. The summed E-state index contributed by atoms with van der Waals surface area (Å²) in [5.41, 5.74) is -0.292. The summed E-state index contributed by atoms with van der Waals surface area (Å²) >= 11 is -2.56. The van der Waals surface area contributed by atoms with Crippen LogP contribution < -0.4 is 0 Å². The van der Waals surface area contributed by atoms with Gasteiger partial charge in [0.05, 0.1) is 11.4 Å². The Bertz CT molecular complexity index is 676. The van der Waals surface area contributed by atoms with E-state index in [1.165, 1.54) is 6.21 Å². The van der Waals surface area contributed by atoms with Crippen LogP contribution in [-0.4, -0.2) is 32.8 Å². The van der Waals surface area contributed by atoms with E-state index in [4.69, 9.17) is 0 Å². The van der Waals surface area contributed by atoms with Gasteiger partial charge in [0.25, 0.3) is 5.91 Å². The molecular weight excluding hydrogens is 314 g/mol. The van der Waals surface area contributed by atoms with Gasteiger partial charge in [0.15, 0.2) is 0 Å². The number of hydrogen-bond acceptors (Lipinski definition) is 4. The first-order valence-electron chi connectivity index (χ1n) is 6.61. The molecule has 1 aromatic rings. The van der Waals surface area contributed by atoms with Crippen molar-refractivity contribution in [3.8, 4) is 0 Å². The Morgan fingerprint density at radius 1 is 1.50 bits per heavy atom. The molecule has 1 heterocycles. The van der Waals surface area contributed by atoms with Gasteiger partial charge < -0.3 is 4.55 Å². The van der Waals surface area contributed by atoms with Crippen LogP contribution in [-0.2, 0) is 15.9 Å². The van der Waals surface area contributed by atoms with Gasteiger partial charge in [-0.3, -0.25) is 14.0 Å². The number of carbonyl (C=O) groups is 1. The Morgan fingerprint density at radius 3 is 2.82 bits per heavy atom. The number of rotatable bonds is 3. The minimum atomic E-state index is -2.56. The number of hydrogen-bond donors (Lipinski definition) is 0. The minimum Gasteiger partial charge on any atom is -0.768 e. The summed E-state index contributed by atoms with van der Waals surface area (Å²) in [6.07, 6.45) is 0.177. The van der Waals surface area contributed by atoms with Gasteiger partial charge in [-0.15, -0.1) is 0 Å². The summed E-state index contributed by atoms with van der Waals surface area (Å²) in [6, 6.07) is 3.10. The van der Waals surface area contributed by atoms with Gasteiger partial charge in [0, 0.05) is 17.0 Å². The van der Waals surface area contributed by atoms with Gasteiger partial charge in [0.2, 0.25) is 6.17 Å². The first-order valence-corrected chi connectivity index (χ1v) is 7.69. The van der Waals surface area contributed by atoms with E-state index in [1.807, 2.05) is 0 Å². The molecule has 0 N–H and O–H groups in total. The molecule has 22 heavy (non-hydrogen) atoms. The Labute approximate surface area is 128 Å². The Hall–Kier alpha value is -1.80. The normalized spacial score (nSPS) is 25.3. The van der Waals surface area contributed by atoms with E-state index in [1.54, 1.807) is 6.92 Å². The fourth-order valence-corrected chi connectivity index (χ4v) is 2.51. The highest BCUT2D eigenvalue weighted by Crippen LogP contribution is 2.25. The quantitative estimate of drug-likeness (QED) is 0.800. The van der Waals surface area contributed by atoms with Crippen molar-refractivity contribution >= 4 is 34.6 Å². The Morgan fingerprint density at radius 2 is 2.23 bits per heavy atom. The van der Waals surface area contributed by atoms with Crippen molar-refractivity contribution in [2.24, 2.45) is 15.9 Å². The van der Waals surface area contributed by atoms with Crippen LogP contribution in [0.15, 0.2) is 33.1 Å². The monoisotopic (exact) mass is 327 g/mol. The number of benzene rings is 1. The van der Waals surface area contributed by atoms with Crippen LogP contribution in [0.4, 0.5) is 14.5 Å². The maximum absolute atomic E-state index is 14.1. The maximum Gasteiger partial charge on any atom is 0.285 e. The van der Waals surface area contributed by atoms with Crippen molar-refractivity contribution in [3.05, 3.63) is 24.0 Å². The second kappa shape index (κ2) is 6.97. The van der Waals surface area contributed by atoms with Crippen LogP contribution in [0.3, 0.4) is 0 Å². The molecule has 0 fully saturated rings. The van der Waals surface area contributed by atoms with E-state index in [0.29, 0.717) is 12.8 Å². The van der Waals surface area contributed by atoms with Gasteiger partial charge in [-0.05, 0) is 42.1 Å². The van der Waals surface area contributed by atoms with Crippen molar-refractivity contribution in [2.75, 3.05) is 0 Å². The van der Waals surface area contributed by atoms with Crippen LogP contribution >= 0.6 is 0 Å². The molecule has 0 radical (unpaired) electrons. The molecule has 0 bridgehead atoms. The largest absolute Gasteiger partial charge is 0.768 e. The molecule has 1 aliphatic rings. The number of alkyl halides is 1. The molecule has 5 nitrogen and oxygen atoms in total. The lowest BCUT2D eigenvalue weighted by molar-refractivity contribution is -0.120. The average Bonchev–Trinajstić information content (AvgIpc) is 2.62. The molecule has 0 saturated carbocycles. The zero-order valence-electron chi connectivity index (χ0n) is 11.7. The van der Waals surface area contributed by atoms with Crippen molar-refractivity contribution in [1.29, 1.82) is 0 Å². The topological polar surface area (TPSA) is 81.9 Å². The smallest absolute Gasteiger partial charge is 0.285 e. The number of carbonyl (C=O) groups excluding carboxylic acids is 1. The standard InChI is InChI=1S/C14H14F2N2O3S/c1-2-8-5-6-17-14(19)12(16)13(8)18-11-4-3-9(22(20)21)7-10(11)15/h3-4,6-8,12H,2,5H2,1H3,(H,20,21)/p-1. The van der Waals surface area contributed by atoms with Crippen LogP contribution in [0.1, 0.15) is 19.8 Å². The van der Waals surface area contributed by atoms with Crippen molar-refractivity contribution in [1.82, 2.24) is 0 Å². The molecular formula is C14H13F2N2O3S-. The fraction of sp³-hybridized carbons (Fsp3) is 0.357. The molecule has 3 unspecified atom stereocenters. The van der Waals surface area contributed by atoms with Gasteiger partial charge in [0.1, 0.15) is 5.82 Å². The van der Waals surface area contributed by atoms with E-state index >= 15 is 0 Å².